The highest BCUT2D eigenvalue weighted by molar-refractivity contribution is 7.13. The maximum Gasteiger partial charge on any atom is 0.232 e. The fourth-order valence-electron chi connectivity index (χ4n) is 1.42. The number of rotatable bonds is 3. The third-order valence-corrected chi connectivity index (χ3v) is 2.88. The van der Waals surface area contributed by atoms with E-state index in [0.717, 1.165) is 15.6 Å². The Morgan fingerprint density at radius 2 is 2.40 bits per heavy atom. The Morgan fingerprint density at radius 1 is 1.60 bits per heavy atom. The summed E-state index contributed by atoms with van der Waals surface area (Å²) in [6.45, 7) is 0. The number of amides is 1. The average molecular weight is 222 g/mol. The van der Waals surface area contributed by atoms with Crippen LogP contribution < -0.4 is 10.5 Å². The van der Waals surface area contributed by atoms with Crippen LogP contribution in [0.2, 0.25) is 0 Å². The quantitative estimate of drug-likeness (QED) is 0.852. The molecule has 2 aromatic rings. The lowest BCUT2D eigenvalue weighted by Crippen LogP contribution is -2.13. The summed E-state index contributed by atoms with van der Waals surface area (Å²) < 4.78 is 10.3. The van der Waals surface area contributed by atoms with Crippen molar-refractivity contribution in [1.29, 1.82) is 0 Å². The van der Waals surface area contributed by atoms with Crippen molar-refractivity contribution in [2.45, 2.75) is 6.42 Å². The van der Waals surface area contributed by atoms with Gasteiger partial charge in [-0.15, -0.1) is 0 Å². The molecule has 0 radical (unpaired) electrons. The molecule has 1 aromatic heterocycles. The second-order valence-electron chi connectivity index (χ2n) is 3.17. The van der Waals surface area contributed by atoms with Gasteiger partial charge in [-0.1, -0.05) is 6.07 Å². The zero-order valence-electron chi connectivity index (χ0n) is 8.19. The van der Waals surface area contributed by atoms with Crippen LogP contribution in [0.3, 0.4) is 0 Å². The minimum atomic E-state index is -0.337. The summed E-state index contributed by atoms with van der Waals surface area (Å²) >= 11 is 1.37. The molecule has 78 valence electrons. The number of methoxy groups -OCH3 is 1. The summed E-state index contributed by atoms with van der Waals surface area (Å²) in [5, 5.41) is 0.932. The van der Waals surface area contributed by atoms with E-state index in [1.54, 1.807) is 7.11 Å². The smallest absolute Gasteiger partial charge is 0.232 e. The summed E-state index contributed by atoms with van der Waals surface area (Å²) in [5.41, 5.74) is 6.01. The second kappa shape index (κ2) is 3.86. The molecule has 0 aliphatic rings. The average Bonchev–Trinajstić information content (AvgIpc) is 2.59. The van der Waals surface area contributed by atoms with Gasteiger partial charge in [0.25, 0.3) is 0 Å². The Kier molecular flexibility index (Phi) is 2.55. The van der Waals surface area contributed by atoms with Crippen molar-refractivity contribution >= 4 is 27.5 Å². The maximum absolute atomic E-state index is 10.8. The summed E-state index contributed by atoms with van der Waals surface area (Å²) in [5.74, 6) is 0.262. The number of hydrogen-bond acceptors (Lipinski definition) is 4. The molecule has 2 rings (SSSR count). The second-order valence-corrected chi connectivity index (χ2v) is 3.97. The molecule has 0 spiro atoms. The van der Waals surface area contributed by atoms with E-state index in [4.69, 9.17) is 10.5 Å². The fraction of sp³-hybridized carbons (Fsp3) is 0.200. The minimum Gasteiger partial charge on any atom is -0.480 e. The number of carbonyl (C=O) groups is 1. The summed E-state index contributed by atoms with van der Waals surface area (Å²) in [6.07, 6.45) is 0.245. The van der Waals surface area contributed by atoms with Crippen LogP contribution in [0.5, 0.6) is 5.88 Å². The zero-order chi connectivity index (χ0) is 10.8. The van der Waals surface area contributed by atoms with Gasteiger partial charge in [0.2, 0.25) is 11.8 Å². The first-order valence-electron chi connectivity index (χ1n) is 4.41. The van der Waals surface area contributed by atoms with E-state index in [9.17, 15) is 4.79 Å². The summed E-state index contributed by atoms with van der Waals surface area (Å²) in [6, 6.07) is 5.70. The molecule has 0 fully saturated rings. The summed E-state index contributed by atoms with van der Waals surface area (Å²) in [4.78, 5) is 10.8. The van der Waals surface area contributed by atoms with Crippen molar-refractivity contribution in [3.8, 4) is 5.88 Å². The Balaban J connectivity index is 2.47. The van der Waals surface area contributed by atoms with Crippen molar-refractivity contribution in [3.63, 3.8) is 0 Å². The molecule has 0 bridgehead atoms. The molecule has 0 aliphatic heterocycles. The van der Waals surface area contributed by atoms with Crippen molar-refractivity contribution in [2.75, 3.05) is 7.11 Å². The molecule has 0 unspecified atom stereocenters. The normalized spacial score (nSPS) is 10.5. The molecule has 1 aromatic carbocycles. The molecular formula is C10H10N2O2S. The van der Waals surface area contributed by atoms with Gasteiger partial charge in [0.05, 0.1) is 23.6 Å². The van der Waals surface area contributed by atoms with Gasteiger partial charge in [0.15, 0.2) is 0 Å². The van der Waals surface area contributed by atoms with Crippen LogP contribution in [-0.4, -0.2) is 17.4 Å². The predicted molar refractivity (Wildman–Crippen MR) is 59.1 cm³/mol. The molecule has 0 atom stereocenters. The number of hydrogen-bond donors (Lipinski definition) is 1. The molecule has 1 heterocycles. The van der Waals surface area contributed by atoms with Crippen LogP contribution in [0.15, 0.2) is 18.2 Å². The van der Waals surface area contributed by atoms with E-state index in [0.29, 0.717) is 5.88 Å². The van der Waals surface area contributed by atoms with Crippen LogP contribution in [0, 0.1) is 0 Å². The van der Waals surface area contributed by atoms with Gasteiger partial charge in [-0.25, -0.2) is 0 Å². The topological polar surface area (TPSA) is 65.2 Å². The Morgan fingerprint density at radius 3 is 3.07 bits per heavy atom. The largest absolute Gasteiger partial charge is 0.480 e. The first-order chi connectivity index (χ1) is 7.20. The third-order valence-electron chi connectivity index (χ3n) is 2.07. The van der Waals surface area contributed by atoms with Crippen molar-refractivity contribution in [2.24, 2.45) is 5.73 Å². The van der Waals surface area contributed by atoms with E-state index in [-0.39, 0.29) is 12.3 Å². The van der Waals surface area contributed by atoms with Gasteiger partial charge >= 0.3 is 0 Å². The number of nitrogens with two attached hydrogens (primary N) is 1. The highest BCUT2D eigenvalue weighted by atomic mass is 32.1. The zero-order valence-corrected chi connectivity index (χ0v) is 9.00. The maximum atomic E-state index is 10.8. The molecular weight excluding hydrogens is 212 g/mol. The van der Waals surface area contributed by atoms with Gasteiger partial charge < -0.3 is 10.5 Å². The molecule has 1 amide bonds. The van der Waals surface area contributed by atoms with E-state index in [2.05, 4.69) is 4.37 Å². The van der Waals surface area contributed by atoms with Crippen molar-refractivity contribution in [1.82, 2.24) is 4.37 Å². The van der Waals surface area contributed by atoms with Crippen LogP contribution in [-0.2, 0) is 11.2 Å². The molecule has 0 aliphatic carbocycles. The number of aromatic nitrogens is 1. The van der Waals surface area contributed by atoms with Gasteiger partial charge in [-0.2, -0.15) is 4.37 Å². The van der Waals surface area contributed by atoms with E-state index < -0.39 is 0 Å². The van der Waals surface area contributed by atoms with E-state index in [1.807, 2.05) is 18.2 Å². The molecule has 0 saturated carbocycles. The van der Waals surface area contributed by atoms with Crippen LogP contribution >= 0.6 is 11.5 Å². The molecule has 2 N–H and O–H groups in total. The van der Waals surface area contributed by atoms with Crippen molar-refractivity contribution in [3.05, 3.63) is 23.8 Å². The molecule has 5 heteroatoms. The van der Waals surface area contributed by atoms with Crippen LogP contribution in [0.1, 0.15) is 5.56 Å². The molecule has 4 nitrogen and oxygen atoms in total. The number of fused-ring (bicyclic) bond motifs is 1. The Hall–Kier alpha value is -1.62. The molecule has 0 saturated heterocycles. The number of nitrogens with zero attached hydrogens (tertiary/aromatic N) is 1. The van der Waals surface area contributed by atoms with Gasteiger partial charge in [0.1, 0.15) is 0 Å². The third kappa shape index (κ3) is 1.92. The van der Waals surface area contributed by atoms with E-state index >= 15 is 0 Å². The van der Waals surface area contributed by atoms with Gasteiger partial charge in [-0.3, -0.25) is 4.79 Å². The highest BCUT2D eigenvalue weighted by Gasteiger charge is 2.07. The lowest BCUT2D eigenvalue weighted by molar-refractivity contribution is -0.117. The lowest BCUT2D eigenvalue weighted by Gasteiger charge is -1.98. The Bertz CT molecular complexity index is 507. The Labute approximate surface area is 90.8 Å². The first kappa shape index (κ1) is 9.92. The monoisotopic (exact) mass is 222 g/mol. The van der Waals surface area contributed by atoms with E-state index in [1.165, 1.54) is 11.5 Å². The predicted octanol–water partition coefficient (Wildman–Crippen LogP) is 1.33. The SMILES string of the molecule is COc1nsc2ccc(CC(N)=O)cc12. The minimum absolute atomic E-state index is 0.245. The van der Waals surface area contributed by atoms with Crippen LogP contribution in [0.4, 0.5) is 0 Å². The summed E-state index contributed by atoms with van der Waals surface area (Å²) in [7, 11) is 1.58. The number of benzene rings is 1. The van der Waals surface area contributed by atoms with Gasteiger partial charge in [-0.05, 0) is 29.2 Å². The number of carbonyl (C=O) groups excluding carboxylic acids is 1. The fourth-order valence-corrected chi connectivity index (χ4v) is 2.15. The van der Waals surface area contributed by atoms with Crippen LogP contribution in [0.25, 0.3) is 10.1 Å². The first-order valence-corrected chi connectivity index (χ1v) is 5.18. The molecule has 15 heavy (non-hydrogen) atoms. The number of primary amides is 1. The van der Waals surface area contributed by atoms with Gasteiger partial charge in [0, 0.05) is 0 Å². The van der Waals surface area contributed by atoms with Crippen molar-refractivity contribution < 1.29 is 9.53 Å². The highest BCUT2D eigenvalue weighted by Crippen LogP contribution is 2.29. The lowest BCUT2D eigenvalue weighted by atomic mass is 10.1. The standard InChI is InChI=1S/C10H10N2O2S/c1-14-10-7-4-6(5-9(11)13)2-3-8(7)15-12-10/h2-4H,5H2,1H3,(H2,11,13). The number of ether oxygens (including phenoxy) is 1.